The van der Waals surface area contributed by atoms with E-state index < -0.39 is 0 Å². The van der Waals surface area contributed by atoms with E-state index in [0.29, 0.717) is 6.54 Å². The molecule has 2 heterocycles. The molecule has 1 aromatic heterocycles. The number of carbonyl (C=O) groups excluding carboxylic acids is 1. The van der Waals surface area contributed by atoms with Gasteiger partial charge in [0.2, 0.25) is 0 Å². The van der Waals surface area contributed by atoms with Crippen LogP contribution >= 0.6 is 0 Å². The molecule has 1 N–H and O–H groups in total. The number of pyridine rings is 1. The minimum absolute atomic E-state index is 0.0824. The number of aromatic nitrogens is 1. The maximum atomic E-state index is 12.7. The molecule has 0 aliphatic carbocycles. The monoisotopic (exact) mass is 329 g/mol. The SMILES string of the molecule is Cc1cccc(NC(=O)N2CCc3cc(-c4ccncc4)ccc32)c1. The van der Waals surface area contributed by atoms with Gasteiger partial charge in [-0.05, 0) is 72.0 Å². The van der Waals surface area contributed by atoms with Crippen LogP contribution in [0.4, 0.5) is 16.2 Å². The number of benzene rings is 2. The molecule has 1 aliphatic rings. The summed E-state index contributed by atoms with van der Waals surface area (Å²) in [6.45, 7) is 2.72. The molecule has 0 atom stereocenters. The van der Waals surface area contributed by atoms with E-state index in [1.165, 1.54) is 5.56 Å². The molecule has 0 saturated heterocycles. The highest BCUT2D eigenvalue weighted by molar-refractivity contribution is 6.03. The largest absolute Gasteiger partial charge is 0.326 e. The van der Waals surface area contributed by atoms with Crippen molar-refractivity contribution in [2.24, 2.45) is 0 Å². The molecule has 0 bridgehead atoms. The van der Waals surface area contributed by atoms with Crippen LogP contribution in [0, 0.1) is 6.92 Å². The molecular weight excluding hydrogens is 310 g/mol. The van der Waals surface area contributed by atoms with Crippen molar-refractivity contribution >= 4 is 17.4 Å². The van der Waals surface area contributed by atoms with E-state index in [2.05, 4.69) is 22.4 Å². The number of urea groups is 1. The molecule has 4 rings (SSSR count). The van der Waals surface area contributed by atoms with Gasteiger partial charge in [0, 0.05) is 30.3 Å². The minimum Gasteiger partial charge on any atom is -0.308 e. The number of hydrogen-bond donors (Lipinski definition) is 1. The van der Waals surface area contributed by atoms with Gasteiger partial charge in [-0.2, -0.15) is 0 Å². The molecule has 0 fully saturated rings. The van der Waals surface area contributed by atoms with Crippen LogP contribution in [0.1, 0.15) is 11.1 Å². The lowest BCUT2D eigenvalue weighted by Gasteiger charge is -2.18. The van der Waals surface area contributed by atoms with Crippen molar-refractivity contribution in [2.75, 3.05) is 16.8 Å². The van der Waals surface area contributed by atoms with E-state index >= 15 is 0 Å². The third-order valence-corrected chi connectivity index (χ3v) is 4.50. The first-order valence-corrected chi connectivity index (χ1v) is 8.39. The average molecular weight is 329 g/mol. The second kappa shape index (κ2) is 6.40. The lowest BCUT2D eigenvalue weighted by Crippen LogP contribution is -2.33. The Morgan fingerprint density at radius 2 is 1.88 bits per heavy atom. The normalized spacial score (nSPS) is 12.8. The zero-order chi connectivity index (χ0) is 17.2. The van der Waals surface area contributed by atoms with E-state index in [0.717, 1.165) is 34.5 Å². The number of hydrogen-bond acceptors (Lipinski definition) is 2. The third-order valence-electron chi connectivity index (χ3n) is 4.50. The van der Waals surface area contributed by atoms with E-state index in [4.69, 9.17) is 0 Å². The van der Waals surface area contributed by atoms with Gasteiger partial charge in [-0.3, -0.25) is 9.88 Å². The smallest absolute Gasteiger partial charge is 0.308 e. The topological polar surface area (TPSA) is 45.2 Å². The molecule has 0 spiro atoms. The summed E-state index contributed by atoms with van der Waals surface area (Å²) < 4.78 is 0. The van der Waals surface area contributed by atoms with Crippen LogP contribution in [-0.4, -0.2) is 17.6 Å². The van der Waals surface area contributed by atoms with Crippen molar-refractivity contribution in [3.05, 3.63) is 78.1 Å². The number of amides is 2. The summed E-state index contributed by atoms with van der Waals surface area (Å²) in [6, 6.07) is 18.0. The summed E-state index contributed by atoms with van der Waals surface area (Å²) in [5.74, 6) is 0. The molecule has 0 saturated carbocycles. The van der Waals surface area contributed by atoms with Crippen molar-refractivity contribution in [2.45, 2.75) is 13.3 Å². The van der Waals surface area contributed by atoms with Crippen molar-refractivity contribution in [1.82, 2.24) is 4.98 Å². The predicted octanol–water partition coefficient (Wildman–Crippen LogP) is 4.65. The first-order valence-electron chi connectivity index (χ1n) is 8.39. The van der Waals surface area contributed by atoms with E-state index in [9.17, 15) is 4.79 Å². The van der Waals surface area contributed by atoms with Crippen molar-refractivity contribution in [1.29, 1.82) is 0 Å². The molecule has 0 unspecified atom stereocenters. The van der Waals surface area contributed by atoms with Crippen molar-refractivity contribution in [3.63, 3.8) is 0 Å². The molecular formula is C21H19N3O. The first kappa shape index (κ1) is 15.4. The summed E-state index contributed by atoms with van der Waals surface area (Å²) in [4.78, 5) is 18.5. The molecule has 4 heteroatoms. The molecule has 1 aliphatic heterocycles. The Labute approximate surface area is 147 Å². The zero-order valence-electron chi connectivity index (χ0n) is 14.1. The minimum atomic E-state index is -0.0824. The summed E-state index contributed by atoms with van der Waals surface area (Å²) in [7, 11) is 0. The Hall–Kier alpha value is -3.14. The van der Waals surface area contributed by atoms with Gasteiger partial charge in [-0.25, -0.2) is 4.79 Å². The van der Waals surface area contributed by atoms with Crippen LogP contribution in [0.25, 0.3) is 11.1 Å². The number of rotatable bonds is 2. The van der Waals surface area contributed by atoms with Gasteiger partial charge in [-0.1, -0.05) is 18.2 Å². The molecule has 2 aromatic carbocycles. The number of fused-ring (bicyclic) bond motifs is 1. The summed E-state index contributed by atoms with van der Waals surface area (Å²) in [5, 5.41) is 2.99. The second-order valence-electron chi connectivity index (χ2n) is 6.28. The standard InChI is InChI=1S/C21H19N3O/c1-15-3-2-4-19(13-15)23-21(25)24-12-9-18-14-17(5-6-20(18)24)16-7-10-22-11-8-16/h2-8,10-11,13-14H,9,12H2,1H3,(H,23,25). The van der Waals surface area contributed by atoms with Crippen molar-refractivity contribution < 1.29 is 4.79 Å². The van der Waals surface area contributed by atoms with E-state index in [-0.39, 0.29) is 6.03 Å². The lowest BCUT2D eigenvalue weighted by molar-refractivity contribution is 0.257. The second-order valence-corrected chi connectivity index (χ2v) is 6.28. The summed E-state index contributed by atoms with van der Waals surface area (Å²) in [6.07, 6.45) is 4.46. The van der Waals surface area contributed by atoms with Gasteiger partial charge >= 0.3 is 6.03 Å². The average Bonchev–Trinajstić information content (AvgIpc) is 3.06. The molecule has 2 amide bonds. The zero-order valence-corrected chi connectivity index (χ0v) is 14.1. The molecule has 0 radical (unpaired) electrons. The lowest BCUT2D eigenvalue weighted by atomic mass is 10.0. The van der Waals surface area contributed by atoms with E-state index in [1.54, 1.807) is 12.4 Å². The fourth-order valence-electron chi connectivity index (χ4n) is 3.25. The Kier molecular flexibility index (Phi) is 3.94. The third kappa shape index (κ3) is 3.11. The van der Waals surface area contributed by atoms with Crippen LogP contribution < -0.4 is 10.2 Å². The number of anilines is 2. The Morgan fingerprint density at radius 3 is 2.68 bits per heavy atom. The molecule has 124 valence electrons. The highest BCUT2D eigenvalue weighted by atomic mass is 16.2. The summed E-state index contributed by atoms with van der Waals surface area (Å²) in [5.41, 5.74) is 6.44. The van der Waals surface area contributed by atoms with Gasteiger partial charge in [0.15, 0.2) is 0 Å². The van der Waals surface area contributed by atoms with Gasteiger partial charge in [0.1, 0.15) is 0 Å². The van der Waals surface area contributed by atoms with Crippen LogP contribution in [0.3, 0.4) is 0 Å². The fraction of sp³-hybridized carbons (Fsp3) is 0.143. The number of aryl methyl sites for hydroxylation is 1. The van der Waals surface area contributed by atoms with Gasteiger partial charge in [-0.15, -0.1) is 0 Å². The number of nitrogens with one attached hydrogen (secondary N) is 1. The van der Waals surface area contributed by atoms with Crippen LogP contribution in [0.5, 0.6) is 0 Å². The van der Waals surface area contributed by atoms with Gasteiger partial charge < -0.3 is 5.32 Å². The van der Waals surface area contributed by atoms with Crippen LogP contribution in [0.15, 0.2) is 67.0 Å². The molecule has 4 nitrogen and oxygen atoms in total. The predicted molar refractivity (Wildman–Crippen MR) is 101 cm³/mol. The summed E-state index contributed by atoms with van der Waals surface area (Å²) >= 11 is 0. The maximum absolute atomic E-state index is 12.7. The van der Waals surface area contributed by atoms with Crippen molar-refractivity contribution in [3.8, 4) is 11.1 Å². The van der Waals surface area contributed by atoms with Gasteiger partial charge in [0.25, 0.3) is 0 Å². The molecule has 25 heavy (non-hydrogen) atoms. The number of nitrogens with zero attached hydrogens (tertiary/aromatic N) is 2. The van der Waals surface area contributed by atoms with Crippen LogP contribution in [-0.2, 0) is 6.42 Å². The maximum Gasteiger partial charge on any atom is 0.326 e. The Balaban J connectivity index is 1.56. The Morgan fingerprint density at radius 1 is 1.04 bits per heavy atom. The number of carbonyl (C=O) groups is 1. The quantitative estimate of drug-likeness (QED) is 0.744. The van der Waals surface area contributed by atoms with Gasteiger partial charge in [0.05, 0.1) is 0 Å². The highest BCUT2D eigenvalue weighted by Crippen LogP contribution is 2.32. The van der Waals surface area contributed by atoms with Crippen LogP contribution in [0.2, 0.25) is 0 Å². The van der Waals surface area contributed by atoms with E-state index in [1.807, 2.05) is 54.3 Å². The molecule has 3 aromatic rings. The highest BCUT2D eigenvalue weighted by Gasteiger charge is 2.25. The first-order chi connectivity index (χ1) is 12.2. The Bertz CT molecular complexity index is 921. The fourth-order valence-corrected chi connectivity index (χ4v) is 3.25.